The number of alkyl halides is 5. The molecule has 0 bridgehead atoms. The Morgan fingerprint density at radius 3 is 2.29 bits per heavy atom. The number of allylic oxidation sites excluding steroid dienone is 1. The van der Waals surface area contributed by atoms with Crippen molar-refractivity contribution in [1.29, 1.82) is 0 Å². The zero-order valence-electron chi connectivity index (χ0n) is 18.9. The summed E-state index contributed by atoms with van der Waals surface area (Å²) in [6.07, 6.45) is -2.37. The zero-order valence-corrected chi connectivity index (χ0v) is 18.9. The monoisotopic (exact) mass is 484 g/mol. The van der Waals surface area contributed by atoms with E-state index in [2.05, 4.69) is 0 Å². The largest absolute Gasteiger partial charge is 0.508 e. The zero-order chi connectivity index (χ0) is 24.7. The first kappa shape index (κ1) is 23.8. The van der Waals surface area contributed by atoms with Crippen molar-refractivity contribution in [2.45, 2.75) is 75.5 Å². The second-order valence-electron chi connectivity index (χ2n) is 11.0. The van der Waals surface area contributed by atoms with Crippen LogP contribution in [0.4, 0.5) is 22.0 Å². The number of ketones is 1. The number of phenols is 1. The van der Waals surface area contributed by atoms with Crippen molar-refractivity contribution in [3.05, 3.63) is 41.5 Å². The van der Waals surface area contributed by atoms with E-state index in [9.17, 15) is 37.0 Å². The number of aromatic hydroxyl groups is 1. The maximum atomic E-state index is 14.9. The molecule has 0 heterocycles. The van der Waals surface area contributed by atoms with Crippen LogP contribution in [0.3, 0.4) is 0 Å². The number of halogens is 5. The molecule has 0 amide bonds. The predicted octanol–water partition coefficient (Wildman–Crippen LogP) is 6.16. The standard InChI is InChI=1S/C26H29F5O3/c1-23-13-20(14-2-5-16(32)6-3-14)22-18-9-7-17(33)12-15(18)4-8-19(22)21(23)10-11-24(23,34)25(27,28)26(29,30)31/h2-3,5-6,12,18-22,32,34H,4,7-11,13H2,1H3/t18-,19-,20?,21-,22+,23-,24?/m0/s1. The van der Waals surface area contributed by atoms with E-state index in [1.54, 1.807) is 18.2 Å². The molecule has 2 unspecified atom stereocenters. The molecule has 0 saturated heterocycles. The second kappa shape index (κ2) is 7.52. The summed E-state index contributed by atoms with van der Waals surface area (Å²) in [4.78, 5) is 12.1. The molecule has 3 saturated carbocycles. The van der Waals surface area contributed by atoms with Crippen LogP contribution >= 0.6 is 0 Å². The minimum absolute atomic E-state index is 0.0104. The van der Waals surface area contributed by atoms with Gasteiger partial charge in [-0.2, -0.15) is 22.0 Å². The number of carbonyl (C=O) groups excluding carboxylic acids is 1. The molecule has 3 fully saturated rings. The van der Waals surface area contributed by atoms with E-state index in [1.807, 2.05) is 0 Å². The highest BCUT2D eigenvalue weighted by atomic mass is 19.4. The van der Waals surface area contributed by atoms with Gasteiger partial charge in [0.1, 0.15) is 11.4 Å². The first-order valence-corrected chi connectivity index (χ1v) is 12.0. The summed E-state index contributed by atoms with van der Waals surface area (Å²) in [5.74, 6) is -6.04. The molecule has 0 radical (unpaired) electrons. The molecular weight excluding hydrogens is 455 g/mol. The average Bonchev–Trinajstić information content (AvgIpc) is 3.04. The first-order valence-electron chi connectivity index (χ1n) is 12.0. The SMILES string of the molecule is C[C@]12CC(c3ccc(O)cc3)[C@H]3[C@@H](CCC4=CC(=O)CC[C@@H]43)[C@@H]1CCC2(O)C(F)(F)C(F)(F)F. The van der Waals surface area contributed by atoms with Crippen LogP contribution in [0.1, 0.15) is 63.4 Å². The quantitative estimate of drug-likeness (QED) is 0.495. The first-order chi connectivity index (χ1) is 15.8. The topological polar surface area (TPSA) is 57.5 Å². The molecule has 34 heavy (non-hydrogen) atoms. The van der Waals surface area contributed by atoms with Gasteiger partial charge in [0.2, 0.25) is 0 Å². The van der Waals surface area contributed by atoms with Crippen molar-refractivity contribution in [1.82, 2.24) is 0 Å². The number of carbonyl (C=O) groups is 1. The molecule has 8 heteroatoms. The lowest BCUT2D eigenvalue weighted by molar-refractivity contribution is -0.364. The fourth-order valence-corrected chi connectivity index (χ4v) is 8.13. The molecular formula is C26H29F5O3. The lowest BCUT2D eigenvalue weighted by Gasteiger charge is -2.59. The van der Waals surface area contributed by atoms with Crippen LogP contribution in [0.25, 0.3) is 0 Å². The van der Waals surface area contributed by atoms with Crippen LogP contribution in [-0.4, -0.2) is 33.7 Å². The molecule has 0 aliphatic heterocycles. The molecule has 7 atom stereocenters. The summed E-state index contributed by atoms with van der Waals surface area (Å²) in [6.45, 7) is 1.42. The maximum Gasteiger partial charge on any atom is 0.456 e. The highest BCUT2D eigenvalue weighted by Crippen LogP contribution is 2.71. The summed E-state index contributed by atoms with van der Waals surface area (Å²) < 4.78 is 70.4. The predicted molar refractivity (Wildman–Crippen MR) is 114 cm³/mol. The van der Waals surface area contributed by atoms with Gasteiger partial charge >= 0.3 is 12.1 Å². The van der Waals surface area contributed by atoms with E-state index in [4.69, 9.17) is 0 Å². The van der Waals surface area contributed by atoms with Crippen LogP contribution in [-0.2, 0) is 4.79 Å². The van der Waals surface area contributed by atoms with Crippen LogP contribution in [0.5, 0.6) is 5.75 Å². The van der Waals surface area contributed by atoms with E-state index in [1.165, 1.54) is 19.1 Å². The van der Waals surface area contributed by atoms with Crippen LogP contribution in [0.2, 0.25) is 0 Å². The summed E-state index contributed by atoms with van der Waals surface area (Å²) in [5, 5.41) is 21.0. The number of rotatable bonds is 2. The Bertz CT molecular complexity index is 1020. The van der Waals surface area contributed by atoms with Gasteiger partial charge in [0.15, 0.2) is 5.78 Å². The molecule has 186 valence electrons. The Hall–Kier alpha value is -1.96. The highest BCUT2D eigenvalue weighted by Gasteiger charge is 2.79. The fraction of sp³-hybridized carbons (Fsp3) is 0.654. The summed E-state index contributed by atoms with van der Waals surface area (Å²) >= 11 is 0. The Morgan fingerprint density at radius 1 is 0.971 bits per heavy atom. The van der Waals surface area contributed by atoms with Gasteiger partial charge in [-0.05, 0) is 91.9 Å². The van der Waals surface area contributed by atoms with Crippen LogP contribution < -0.4 is 0 Å². The van der Waals surface area contributed by atoms with Gasteiger partial charge in [0.25, 0.3) is 0 Å². The molecule has 0 aromatic heterocycles. The summed E-state index contributed by atoms with van der Waals surface area (Å²) in [6, 6.07) is 6.38. The summed E-state index contributed by atoms with van der Waals surface area (Å²) in [5.41, 5.74) is -3.02. The number of fused-ring (bicyclic) bond motifs is 5. The van der Waals surface area contributed by atoms with E-state index in [0.29, 0.717) is 25.7 Å². The van der Waals surface area contributed by atoms with Gasteiger partial charge < -0.3 is 10.2 Å². The third-order valence-corrected chi connectivity index (χ3v) is 9.65. The van der Waals surface area contributed by atoms with Gasteiger partial charge in [-0.1, -0.05) is 24.6 Å². The molecule has 3 nitrogen and oxygen atoms in total. The Morgan fingerprint density at radius 2 is 1.65 bits per heavy atom. The molecule has 1 aromatic rings. The maximum absolute atomic E-state index is 14.9. The van der Waals surface area contributed by atoms with Crippen molar-refractivity contribution in [3.63, 3.8) is 0 Å². The van der Waals surface area contributed by atoms with Crippen LogP contribution in [0.15, 0.2) is 35.9 Å². The van der Waals surface area contributed by atoms with Gasteiger partial charge in [-0.3, -0.25) is 4.79 Å². The average molecular weight is 485 g/mol. The van der Waals surface area contributed by atoms with Crippen molar-refractivity contribution < 1.29 is 37.0 Å². The van der Waals surface area contributed by atoms with Gasteiger partial charge in [-0.25, -0.2) is 0 Å². The third-order valence-electron chi connectivity index (χ3n) is 9.65. The minimum Gasteiger partial charge on any atom is -0.508 e. The molecule has 4 aliphatic rings. The van der Waals surface area contributed by atoms with Crippen molar-refractivity contribution in [2.75, 3.05) is 0 Å². The molecule has 5 rings (SSSR count). The second-order valence-corrected chi connectivity index (χ2v) is 11.0. The van der Waals surface area contributed by atoms with Gasteiger partial charge in [-0.15, -0.1) is 0 Å². The molecule has 1 aromatic carbocycles. The van der Waals surface area contributed by atoms with E-state index >= 15 is 0 Å². The van der Waals surface area contributed by atoms with Gasteiger partial charge in [0.05, 0.1) is 0 Å². The Kier molecular flexibility index (Phi) is 5.26. The molecule has 4 aliphatic carbocycles. The number of benzene rings is 1. The van der Waals surface area contributed by atoms with Gasteiger partial charge in [0, 0.05) is 11.8 Å². The minimum atomic E-state index is -5.85. The number of aliphatic hydroxyl groups is 1. The number of hydrogen-bond donors (Lipinski definition) is 2. The van der Waals surface area contributed by atoms with Crippen molar-refractivity contribution in [3.8, 4) is 5.75 Å². The summed E-state index contributed by atoms with van der Waals surface area (Å²) in [7, 11) is 0. The van der Waals surface area contributed by atoms with Crippen molar-refractivity contribution in [2.24, 2.45) is 29.1 Å². The Labute approximate surface area is 195 Å². The lowest BCUT2D eigenvalue weighted by atomic mass is 9.46. The molecule has 2 N–H and O–H groups in total. The van der Waals surface area contributed by atoms with E-state index in [-0.39, 0.29) is 48.0 Å². The smallest absolute Gasteiger partial charge is 0.456 e. The highest BCUT2D eigenvalue weighted by molar-refractivity contribution is 5.91. The number of hydrogen-bond acceptors (Lipinski definition) is 3. The normalized spacial score (nSPS) is 40.3. The third kappa shape index (κ3) is 3.12. The van der Waals surface area contributed by atoms with E-state index in [0.717, 1.165) is 11.1 Å². The van der Waals surface area contributed by atoms with Crippen LogP contribution in [0, 0.1) is 29.1 Å². The molecule has 0 spiro atoms. The number of phenolic OH excluding ortho intramolecular Hbond substituents is 1. The van der Waals surface area contributed by atoms with Crippen molar-refractivity contribution >= 4 is 5.78 Å². The Balaban J connectivity index is 1.63. The van der Waals surface area contributed by atoms with E-state index < -0.39 is 35.5 Å². The lowest BCUT2D eigenvalue weighted by Crippen LogP contribution is -2.66. The fourth-order valence-electron chi connectivity index (χ4n) is 8.13.